The summed E-state index contributed by atoms with van der Waals surface area (Å²) in [7, 11) is 0. The summed E-state index contributed by atoms with van der Waals surface area (Å²) >= 11 is 0. The van der Waals surface area contributed by atoms with Gasteiger partial charge in [0, 0.05) is 13.8 Å². The van der Waals surface area contributed by atoms with E-state index in [4.69, 9.17) is 9.47 Å². The van der Waals surface area contributed by atoms with Gasteiger partial charge in [-0.1, -0.05) is 36.4 Å². The van der Waals surface area contributed by atoms with E-state index in [2.05, 4.69) is 0 Å². The van der Waals surface area contributed by atoms with Gasteiger partial charge in [0.15, 0.2) is 0 Å². The fraction of sp³-hybridized carbons (Fsp3) is 0.200. The molecule has 0 atom stereocenters. The quantitative estimate of drug-likeness (QED) is 0.437. The van der Waals surface area contributed by atoms with E-state index in [-0.39, 0.29) is 5.57 Å². The molecule has 2 aromatic rings. The highest BCUT2D eigenvalue weighted by Crippen LogP contribution is 2.33. The summed E-state index contributed by atoms with van der Waals surface area (Å²) in [5, 5.41) is 0. The number of carbonyl (C=O) groups excluding carboxylic acids is 2. The summed E-state index contributed by atoms with van der Waals surface area (Å²) in [5.74, 6) is -2.99. The molecule has 27 heavy (non-hydrogen) atoms. The molecule has 7 heteroatoms. The minimum atomic E-state index is -4.43. The monoisotopic (exact) mass is 376 g/mol. The summed E-state index contributed by atoms with van der Waals surface area (Å²) in [4.78, 5) is 24.2. The molecule has 2 aromatic carbocycles. The average Bonchev–Trinajstić information content (AvgIpc) is 2.57. The fourth-order valence-corrected chi connectivity index (χ4v) is 2.66. The summed E-state index contributed by atoms with van der Waals surface area (Å²) in [6, 6.07) is 11.3. The second-order valence-electron chi connectivity index (χ2n) is 6.40. The molecule has 140 valence electrons. The second-order valence-corrected chi connectivity index (χ2v) is 6.40. The van der Waals surface area contributed by atoms with Crippen molar-refractivity contribution in [2.75, 3.05) is 0 Å². The largest absolute Gasteiger partial charge is 0.419 e. The first kappa shape index (κ1) is 18.7. The van der Waals surface area contributed by atoms with Crippen LogP contribution in [0.2, 0.25) is 0 Å². The van der Waals surface area contributed by atoms with Crippen molar-refractivity contribution in [2.45, 2.75) is 25.8 Å². The molecule has 0 spiro atoms. The van der Waals surface area contributed by atoms with Gasteiger partial charge in [-0.3, -0.25) is 0 Å². The van der Waals surface area contributed by atoms with Crippen molar-refractivity contribution in [2.24, 2.45) is 0 Å². The van der Waals surface area contributed by atoms with Crippen LogP contribution >= 0.6 is 0 Å². The molecule has 1 aliphatic heterocycles. The van der Waals surface area contributed by atoms with E-state index in [9.17, 15) is 22.8 Å². The Kier molecular flexibility index (Phi) is 4.55. The molecule has 1 fully saturated rings. The van der Waals surface area contributed by atoms with Gasteiger partial charge < -0.3 is 9.47 Å². The first-order chi connectivity index (χ1) is 12.6. The number of alkyl halides is 3. The van der Waals surface area contributed by atoms with Crippen LogP contribution in [-0.4, -0.2) is 17.7 Å². The van der Waals surface area contributed by atoms with Crippen molar-refractivity contribution < 1.29 is 32.2 Å². The van der Waals surface area contributed by atoms with E-state index >= 15 is 0 Å². The first-order valence-electron chi connectivity index (χ1n) is 8.02. The molecule has 1 saturated heterocycles. The Morgan fingerprint density at radius 1 is 0.889 bits per heavy atom. The molecule has 0 bridgehead atoms. The molecule has 4 nitrogen and oxygen atoms in total. The van der Waals surface area contributed by atoms with Crippen molar-refractivity contribution in [1.82, 2.24) is 0 Å². The van der Waals surface area contributed by atoms with Gasteiger partial charge in [0.1, 0.15) is 5.57 Å². The van der Waals surface area contributed by atoms with Gasteiger partial charge >= 0.3 is 18.1 Å². The Morgan fingerprint density at radius 2 is 1.44 bits per heavy atom. The molecule has 0 saturated carbocycles. The van der Waals surface area contributed by atoms with Crippen molar-refractivity contribution in [3.63, 3.8) is 0 Å². The number of hydrogen-bond donors (Lipinski definition) is 0. The van der Waals surface area contributed by atoms with E-state index in [0.717, 1.165) is 12.1 Å². The maximum absolute atomic E-state index is 12.7. The van der Waals surface area contributed by atoms with E-state index in [1.54, 1.807) is 24.3 Å². The number of halogens is 3. The van der Waals surface area contributed by atoms with Crippen LogP contribution in [0.4, 0.5) is 13.2 Å². The number of cyclic esters (lactones) is 2. The van der Waals surface area contributed by atoms with E-state index < -0.39 is 29.5 Å². The van der Waals surface area contributed by atoms with Crippen LogP contribution in [0.5, 0.6) is 0 Å². The number of hydrogen-bond acceptors (Lipinski definition) is 4. The Balaban J connectivity index is 2.00. The lowest BCUT2D eigenvalue weighted by Crippen LogP contribution is -2.41. The van der Waals surface area contributed by atoms with Crippen LogP contribution in [0.15, 0.2) is 54.1 Å². The Morgan fingerprint density at radius 3 is 2.00 bits per heavy atom. The molecule has 0 amide bonds. The van der Waals surface area contributed by atoms with Gasteiger partial charge in [0.25, 0.3) is 5.79 Å². The highest BCUT2D eigenvalue weighted by molar-refractivity contribution is 6.19. The molecular formula is C20H15F3O4. The van der Waals surface area contributed by atoms with Crippen LogP contribution < -0.4 is 0 Å². The van der Waals surface area contributed by atoms with Crippen molar-refractivity contribution in [3.05, 3.63) is 65.2 Å². The van der Waals surface area contributed by atoms with Gasteiger partial charge in [0.05, 0.1) is 5.56 Å². The topological polar surface area (TPSA) is 52.6 Å². The minimum Gasteiger partial charge on any atom is -0.419 e. The Bertz CT molecular complexity index is 903. The van der Waals surface area contributed by atoms with Crippen LogP contribution in [-0.2, 0) is 25.2 Å². The Labute approximate surface area is 153 Å². The average molecular weight is 376 g/mol. The molecular weight excluding hydrogens is 361 g/mol. The molecule has 0 aromatic heterocycles. The van der Waals surface area contributed by atoms with Gasteiger partial charge in [-0.2, -0.15) is 13.2 Å². The van der Waals surface area contributed by atoms with Crippen molar-refractivity contribution >= 4 is 18.0 Å². The summed E-state index contributed by atoms with van der Waals surface area (Å²) in [5.41, 5.74) is 0.496. The maximum atomic E-state index is 12.7. The van der Waals surface area contributed by atoms with Crippen LogP contribution in [0.3, 0.4) is 0 Å². The number of rotatable bonds is 2. The Hall–Kier alpha value is -3.09. The molecule has 0 radical (unpaired) electrons. The normalized spacial score (nSPS) is 16.6. The lowest BCUT2D eigenvalue weighted by atomic mass is 9.97. The SMILES string of the molecule is CC1(C)OC(=O)C(=Cc2ccccc2-c2ccc(C(F)(F)F)cc2)C(=O)O1. The zero-order chi connectivity index (χ0) is 19.8. The lowest BCUT2D eigenvalue weighted by Gasteiger charge is -2.29. The highest BCUT2D eigenvalue weighted by atomic mass is 19.4. The number of ether oxygens (including phenoxy) is 2. The van der Waals surface area contributed by atoms with Gasteiger partial charge in [0.2, 0.25) is 0 Å². The molecule has 0 aliphatic carbocycles. The lowest BCUT2D eigenvalue weighted by molar-refractivity contribution is -0.222. The first-order valence-corrected chi connectivity index (χ1v) is 8.02. The minimum absolute atomic E-state index is 0.284. The third kappa shape index (κ3) is 4.02. The molecule has 0 unspecified atom stereocenters. The van der Waals surface area contributed by atoms with Gasteiger partial charge in [-0.15, -0.1) is 0 Å². The van der Waals surface area contributed by atoms with Crippen LogP contribution in [0.25, 0.3) is 17.2 Å². The zero-order valence-corrected chi connectivity index (χ0v) is 14.5. The predicted octanol–water partition coefficient (Wildman–Crippen LogP) is 4.59. The molecule has 0 N–H and O–H groups in total. The summed E-state index contributed by atoms with van der Waals surface area (Å²) in [6.07, 6.45) is -3.12. The molecule has 1 aliphatic rings. The van der Waals surface area contributed by atoms with Gasteiger partial charge in [-0.25, -0.2) is 9.59 Å². The third-order valence-electron chi connectivity index (χ3n) is 3.90. The van der Waals surface area contributed by atoms with Crippen LogP contribution in [0.1, 0.15) is 25.0 Å². The predicted molar refractivity (Wildman–Crippen MR) is 91.1 cm³/mol. The smallest absolute Gasteiger partial charge is 0.416 e. The number of benzene rings is 2. The fourth-order valence-electron chi connectivity index (χ4n) is 2.66. The van der Waals surface area contributed by atoms with Crippen LogP contribution in [0, 0.1) is 0 Å². The second kappa shape index (κ2) is 6.57. The van der Waals surface area contributed by atoms with E-state index in [1.165, 1.54) is 32.1 Å². The number of carbonyl (C=O) groups is 2. The zero-order valence-electron chi connectivity index (χ0n) is 14.5. The summed E-state index contributed by atoms with van der Waals surface area (Å²) < 4.78 is 48.3. The standard InChI is InChI=1S/C20H15F3O4/c1-19(2)26-17(24)16(18(25)27-19)11-13-5-3-4-6-15(13)12-7-9-14(10-8-12)20(21,22)23/h3-11H,1-2H3. The molecule has 3 rings (SSSR count). The van der Waals surface area contributed by atoms with E-state index in [0.29, 0.717) is 16.7 Å². The van der Waals surface area contributed by atoms with Gasteiger partial charge in [-0.05, 0) is 34.9 Å². The molecule has 1 heterocycles. The van der Waals surface area contributed by atoms with E-state index in [1.807, 2.05) is 0 Å². The summed E-state index contributed by atoms with van der Waals surface area (Å²) in [6.45, 7) is 2.88. The third-order valence-corrected chi connectivity index (χ3v) is 3.90. The van der Waals surface area contributed by atoms with Crippen molar-refractivity contribution in [3.8, 4) is 11.1 Å². The van der Waals surface area contributed by atoms with Crippen molar-refractivity contribution in [1.29, 1.82) is 0 Å². The maximum Gasteiger partial charge on any atom is 0.416 e. The number of esters is 2. The highest BCUT2D eigenvalue weighted by Gasteiger charge is 2.39.